The minimum atomic E-state index is -0.0809. The van der Waals surface area contributed by atoms with Gasteiger partial charge < -0.3 is 4.90 Å². The molecule has 0 amide bonds. The Kier molecular flexibility index (Phi) is 6.34. The Morgan fingerprint density at radius 2 is 1.86 bits per heavy atom. The summed E-state index contributed by atoms with van der Waals surface area (Å²) in [5.74, 6) is 0. The predicted molar refractivity (Wildman–Crippen MR) is 127 cm³/mol. The molecule has 2 aromatic rings. The highest BCUT2D eigenvalue weighted by molar-refractivity contribution is 6.36. The monoisotopic (exact) mass is 444 g/mol. The molecule has 150 valence electrons. The molecule has 0 aromatic heterocycles. The lowest BCUT2D eigenvalue weighted by Gasteiger charge is -2.43. The second kappa shape index (κ2) is 8.44. The molecule has 0 bridgehead atoms. The van der Waals surface area contributed by atoms with E-state index in [-0.39, 0.29) is 5.54 Å². The van der Waals surface area contributed by atoms with Crippen molar-refractivity contribution in [3.05, 3.63) is 68.2 Å². The van der Waals surface area contributed by atoms with E-state index in [0.717, 1.165) is 29.8 Å². The van der Waals surface area contributed by atoms with Gasteiger partial charge in [-0.3, -0.25) is 0 Å². The number of fused-ring (bicyclic) bond motifs is 1. The Labute approximate surface area is 188 Å². The number of anilines is 1. The molecule has 1 aliphatic heterocycles. The van der Waals surface area contributed by atoms with Gasteiger partial charge in [0.25, 0.3) is 0 Å². The van der Waals surface area contributed by atoms with Crippen LogP contribution in [0.15, 0.2) is 36.4 Å². The lowest BCUT2D eigenvalue weighted by molar-refractivity contribution is 0.550. The predicted octanol–water partition coefficient (Wildman–Crippen LogP) is 8.12. The van der Waals surface area contributed by atoms with E-state index in [9.17, 15) is 5.26 Å². The molecule has 0 saturated carbocycles. The third-order valence-electron chi connectivity index (χ3n) is 5.18. The quantitative estimate of drug-likeness (QED) is 0.351. The highest BCUT2D eigenvalue weighted by Gasteiger charge is 2.31. The molecule has 2 aromatic carbocycles. The van der Waals surface area contributed by atoms with E-state index in [1.807, 2.05) is 6.07 Å². The number of hydrogen-bond donors (Lipinski definition) is 0. The van der Waals surface area contributed by atoms with E-state index >= 15 is 0 Å². The fourth-order valence-electron chi connectivity index (χ4n) is 3.89. The van der Waals surface area contributed by atoms with Crippen LogP contribution in [-0.2, 0) is 0 Å². The van der Waals surface area contributed by atoms with Crippen molar-refractivity contribution in [2.24, 2.45) is 0 Å². The topological polar surface area (TPSA) is 27.0 Å². The fraction of sp³-hybridized carbons (Fsp3) is 0.292. The van der Waals surface area contributed by atoms with Crippen molar-refractivity contribution in [2.45, 2.75) is 39.7 Å². The molecule has 3 rings (SSSR count). The number of nitrogens with zero attached hydrogens (tertiary/aromatic N) is 2. The second-order valence-electron chi connectivity index (χ2n) is 7.82. The first kappa shape index (κ1) is 21.8. The SMILES string of the molecule is CCCN1c2cc(Cl)c(/C=C(\C#N)c3ccc(Cl)cc3Cl)cc2C(C)=CC1(C)C. The minimum Gasteiger partial charge on any atom is -0.362 e. The summed E-state index contributed by atoms with van der Waals surface area (Å²) in [6.45, 7) is 9.67. The van der Waals surface area contributed by atoms with E-state index < -0.39 is 0 Å². The van der Waals surface area contributed by atoms with Gasteiger partial charge >= 0.3 is 0 Å². The second-order valence-corrected chi connectivity index (χ2v) is 9.07. The summed E-state index contributed by atoms with van der Waals surface area (Å²) < 4.78 is 0. The number of rotatable bonds is 4. The zero-order valence-electron chi connectivity index (χ0n) is 17.0. The first-order chi connectivity index (χ1) is 13.7. The van der Waals surface area contributed by atoms with Crippen LogP contribution in [0, 0.1) is 11.3 Å². The highest BCUT2D eigenvalue weighted by Crippen LogP contribution is 2.42. The summed E-state index contributed by atoms with van der Waals surface area (Å²) in [6.07, 6.45) is 5.12. The van der Waals surface area contributed by atoms with Gasteiger partial charge in [0.2, 0.25) is 0 Å². The Morgan fingerprint density at radius 1 is 1.14 bits per heavy atom. The number of halogens is 3. The van der Waals surface area contributed by atoms with Gasteiger partial charge in [0.1, 0.15) is 0 Å². The van der Waals surface area contributed by atoms with Crippen LogP contribution in [0.2, 0.25) is 15.1 Å². The van der Waals surface area contributed by atoms with Crippen LogP contribution in [0.25, 0.3) is 17.2 Å². The molecule has 0 aliphatic carbocycles. The van der Waals surface area contributed by atoms with Gasteiger partial charge in [0.15, 0.2) is 0 Å². The fourth-order valence-corrected chi connectivity index (χ4v) is 4.61. The molecule has 0 fully saturated rings. The number of allylic oxidation sites excluding steroid dienone is 2. The van der Waals surface area contributed by atoms with Gasteiger partial charge in [0.05, 0.1) is 22.2 Å². The molecule has 0 unspecified atom stereocenters. The summed E-state index contributed by atoms with van der Waals surface area (Å²) in [5.41, 5.74) is 5.24. The first-order valence-corrected chi connectivity index (χ1v) is 10.7. The third kappa shape index (κ3) is 4.33. The molecular weight excluding hydrogens is 423 g/mol. The summed E-state index contributed by atoms with van der Waals surface area (Å²) in [5, 5.41) is 11.3. The maximum Gasteiger partial charge on any atom is 0.0998 e. The molecule has 0 saturated heterocycles. The van der Waals surface area contributed by atoms with Crippen molar-refractivity contribution in [3.8, 4) is 6.07 Å². The molecule has 1 heterocycles. The van der Waals surface area contributed by atoms with Crippen LogP contribution in [0.4, 0.5) is 5.69 Å². The van der Waals surface area contributed by atoms with Gasteiger partial charge in [-0.1, -0.05) is 53.9 Å². The van der Waals surface area contributed by atoms with Crippen molar-refractivity contribution < 1.29 is 0 Å². The Bertz CT molecular complexity index is 1060. The summed E-state index contributed by atoms with van der Waals surface area (Å²) >= 11 is 19.0. The minimum absolute atomic E-state index is 0.0809. The lowest BCUT2D eigenvalue weighted by atomic mass is 9.87. The third-order valence-corrected chi connectivity index (χ3v) is 6.06. The van der Waals surface area contributed by atoms with Crippen molar-refractivity contribution >= 4 is 57.7 Å². The van der Waals surface area contributed by atoms with Crippen molar-refractivity contribution in [2.75, 3.05) is 11.4 Å². The van der Waals surface area contributed by atoms with E-state index in [1.165, 1.54) is 5.57 Å². The molecule has 5 heteroatoms. The first-order valence-electron chi connectivity index (χ1n) is 9.56. The normalized spacial score (nSPS) is 15.6. The van der Waals surface area contributed by atoms with Gasteiger partial charge in [-0.2, -0.15) is 5.26 Å². The number of nitriles is 1. The van der Waals surface area contributed by atoms with E-state index in [0.29, 0.717) is 26.2 Å². The van der Waals surface area contributed by atoms with E-state index in [2.05, 4.69) is 50.8 Å². The molecular formula is C24H23Cl3N2. The average Bonchev–Trinajstić information content (AvgIpc) is 2.64. The molecule has 0 spiro atoms. The van der Waals surface area contributed by atoms with Crippen LogP contribution in [0.1, 0.15) is 50.8 Å². The Hall–Kier alpha value is -1.92. The molecule has 0 atom stereocenters. The summed E-state index contributed by atoms with van der Waals surface area (Å²) in [7, 11) is 0. The molecule has 2 nitrogen and oxygen atoms in total. The standard InChI is InChI=1S/C24H23Cl3N2/c1-5-8-29-23-12-21(26)16(10-20(23)15(2)13-24(29,3)4)9-17(14-28)19-7-6-18(25)11-22(19)27/h6-7,9-13H,5,8H2,1-4H3/b17-9+. The van der Waals surface area contributed by atoms with Crippen LogP contribution >= 0.6 is 34.8 Å². The maximum atomic E-state index is 9.72. The molecule has 29 heavy (non-hydrogen) atoms. The maximum absolute atomic E-state index is 9.72. The van der Waals surface area contributed by atoms with Crippen LogP contribution in [0.5, 0.6) is 0 Å². The smallest absolute Gasteiger partial charge is 0.0998 e. The van der Waals surface area contributed by atoms with Gasteiger partial charge in [-0.25, -0.2) is 0 Å². The van der Waals surface area contributed by atoms with Crippen LogP contribution < -0.4 is 4.90 Å². The van der Waals surface area contributed by atoms with Crippen LogP contribution in [0.3, 0.4) is 0 Å². The molecule has 1 aliphatic rings. The van der Waals surface area contributed by atoms with Crippen LogP contribution in [-0.4, -0.2) is 12.1 Å². The number of benzene rings is 2. The average molecular weight is 446 g/mol. The van der Waals surface area contributed by atoms with Gasteiger partial charge in [-0.15, -0.1) is 0 Å². The Morgan fingerprint density at radius 3 is 2.48 bits per heavy atom. The highest BCUT2D eigenvalue weighted by atomic mass is 35.5. The van der Waals surface area contributed by atoms with Gasteiger partial charge in [0, 0.05) is 33.4 Å². The van der Waals surface area contributed by atoms with Crippen molar-refractivity contribution in [1.82, 2.24) is 0 Å². The largest absolute Gasteiger partial charge is 0.362 e. The zero-order valence-corrected chi connectivity index (χ0v) is 19.3. The molecule has 0 radical (unpaired) electrons. The summed E-state index contributed by atoms with van der Waals surface area (Å²) in [6, 6.07) is 11.4. The Balaban J connectivity index is 2.14. The van der Waals surface area contributed by atoms with Crippen molar-refractivity contribution in [3.63, 3.8) is 0 Å². The van der Waals surface area contributed by atoms with Crippen molar-refractivity contribution in [1.29, 1.82) is 5.26 Å². The van der Waals surface area contributed by atoms with Gasteiger partial charge in [-0.05, 0) is 68.7 Å². The zero-order chi connectivity index (χ0) is 21.3. The summed E-state index contributed by atoms with van der Waals surface area (Å²) in [4.78, 5) is 2.38. The van der Waals surface area contributed by atoms with E-state index in [4.69, 9.17) is 34.8 Å². The molecule has 0 N–H and O–H groups in total. The lowest BCUT2D eigenvalue weighted by Crippen LogP contribution is -2.45. The number of hydrogen-bond acceptors (Lipinski definition) is 2. The van der Waals surface area contributed by atoms with E-state index in [1.54, 1.807) is 24.3 Å².